The second kappa shape index (κ2) is 8.16. The number of likely N-dealkylation sites (tertiary alicyclic amines) is 1. The van der Waals surface area contributed by atoms with Crippen molar-refractivity contribution in [1.29, 1.82) is 0 Å². The largest absolute Gasteiger partial charge is 0.383 e. The number of aromatic nitrogens is 4. The van der Waals surface area contributed by atoms with Gasteiger partial charge >= 0.3 is 0 Å². The lowest BCUT2D eigenvalue weighted by Gasteiger charge is -2.14. The van der Waals surface area contributed by atoms with Crippen LogP contribution in [0.3, 0.4) is 0 Å². The monoisotopic (exact) mass is 422 g/mol. The van der Waals surface area contributed by atoms with Gasteiger partial charge in [-0.15, -0.1) is 0 Å². The van der Waals surface area contributed by atoms with Crippen LogP contribution in [0, 0.1) is 17.8 Å². The molecule has 3 heterocycles. The van der Waals surface area contributed by atoms with E-state index in [1.54, 1.807) is 0 Å². The number of carbonyl (C=O) groups is 1. The average Bonchev–Trinajstić information content (AvgIpc) is 3.43. The van der Waals surface area contributed by atoms with Crippen molar-refractivity contribution in [3.8, 4) is 11.8 Å². The van der Waals surface area contributed by atoms with Crippen molar-refractivity contribution in [2.24, 2.45) is 5.92 Å². The molecule has 1 fully saturated rings. The molecule has 2 aromatic heterocycles. The van der Waals surface area contributed by atoms with Crippen molar-refractivity contribution < 1.29 is 4.79 Å². The third kappa shape index (κ3) is 3.56. The predicted molar refractivity (Wildman–Crippen MR) is 125 cm³/mol. The highest BCUT2D eigenvalue weighted by atomic mass is 16.2. The van der Waals surface area contributed by atoms with Gasteiger partial charge in [0.05, 0.1) is 5.39 Å². The molecule has 7 heteroatoms. The van der Waals surface area contributed by atoms with E-state index in [2.05, 4.69) is 46.6 Å². The van der Waals surface area contributed by atoms with Gasteiger partial charge in [0.25, 0.3) is 0 Å². The molecule has 0 aliphatic carbocycles. The first-order valence-corrected chi connectivity index (χ1v) is 10.5. The summed E-state index contributed by atoms with van der Waals surface area (Å²) in [6.45, 7) is 5.60. The van der Waals surface area contributed by atoms with Crippen molar-refractivity contribution in [2.45, 2.75) is 13.0 Å². The van der Waals surface area contributed by atoms with Crippen LogP contribution in [-0.2, 0) is 11.3 Å². The van der Waals surface area contributed by atoms with Crippen LogP contribution in [0.25, 0.3) is 21.8 Å². The molecule has 4 aromatic rings. The highest BCUT2D eigenvalue weighted by Gasteiger charge is 2.26. The minimum atomic E-state index is -0.0361. The van der Waals surface area contributed by atoms with Crippen LogP contribution in [0.15, 0.2) is 61.4 Å². The van der Waals surface area contributed by atoms with E-state index in [-0.39, 0.29) is 11.8 Å². The summed E-state index contributed by atoms with van der Waals surface area (Å²) < 4.78 is 1.84. The maximum atomic E-state index is 11.9. The average molecular weight is 422 g/mol. The molecule has 0 bridgehead atoms. The molecule has 0 radical (unpaired) electrons. The molecule has 1 aliphatic heterocycles. The summed E-state index contributed by atoms with van der Waals surface area (Å²) >= 11 is 0. The third-order valence-corrected chi connectivity index (χ3v) is 5.87. The maximum Gasteiger partial charge on any atom is 0.245 e. The Morgan fingerprint density at radius 2 is 2.03 bits per heavy atom. The Labute approximate surface area is 185 Å². The number of nitrogens with zero attached hydrogens (tertiary/aromatic N) is 5. The fraction of sp³-hybridized carbons (Fsp3) is 0.200. The number of amides is 1. The quantitative estimate of drug-likeness (QED) is 0.405. The molecule has 32 heavy (non-hydrogen) atoms. The third-order valence-electron chi connectivity index (χ3n) is 5.87. The Bertz CT molecular complexity index is 1410. The van der Waals surface area contributed by atoms with E-state index < -0.39 is 0 Å². The van der Waals surface area contributed by atoms with E-state index in [1.807, 2.05) is 33.8 Å². The van der Waals surface area contributed by atoms with Crippen molar-refractivity contribution >= 4 is 33.5 Å². The first-order chi connectivity index (χ1) is 15.6. The Morgan fingerprint density at radius 1 is 1.19 bits per heavy atom. The fourth-order valence-corrected chi connectivity index (χ4v) is 4.26. The second-order valence-corrected chi connectivity index (χ2v) is 7.91. The fourth-order valence-electron chi connectivity index (χ4n) is 4.26. The van der Waals surface area contributed by atoms with Gasteiger partial charge in [0.1, 0.15) is 17.8 Å². The van der Waals surface area contributed by atoms with Gasteiger partial charge in [-0.1, -0.05) is 48.9 Å². The number of carbonyl (C=O) groups excluding carboxylic acids is 1. The first kappa shape index (κ1) is 19.8. The minimum absolute atomic E-state index is 0.0361. The van der Waals surface area contributed by atoms with Gasteiger partial charge in [-0.3, -0.25) is 4.79 Å². The molecule has 7 nitrogen and oxygen atoms in total. The van der Waals surface area contributed by atoms with Gasteiger partial charge in [0.15, 0.2) is 5.65 Å². The Balaban J connectivity index is 1.51. The topological polar surface area (TPSA) is 89.9 Å². The van der Waals surface area contributed by atoms with E-state index in [4.69, 9.17) is 10.8 Å². The van der Waals surface area contributed by atoms with Gasteiger partial charge in [-0.25, -0.2) is 14.6 Å². The number of nitrogen functional groups attached to an aromatic ring is 1. The van der Waals surface area contributed by atoms with Crippen LogP contribution in [0.4, 0.5) is 5.82 Å². The van der Waals surface area contributed by atoms with Crippen LogP contribution >= 0.6 is 0 Å². The summed E-state index contributed by atoms with van der Waals surface area (Å²) in [5, 5.41) is 7.63. The highest BCUT2D eigenvalue weighted by molar-refractivity contribution is 5.92. The second-order valence-electron chi connectivity index (χ2n) is 7.91. The number of nitrogens with two attached hydrogens (primary N) is 1. The highest BCUT2D eigenvalue weighted by Crippen LogP contribution is 2.25. The Morgan fingerprint density at radius 3 is 2.91 bits per heavy atom. The first-order valence-electron chi connectivity index (χ1n) is 10.5. The molecule has 5 rings (SSSR count). The zero-order valence-electron chi connectivity index (χ0n) is 17.5. The lowest BCUT2D eigenvalue weighted by atomic mass is 10.0. The van der Waals surface area contributed by atoms with E-state index in [0.29, 0.717) is 35.6 Å². The number of hydrogen-bond acceptors (Lipinski definition) is 5. The smallest absolute Gasteiger partial charge is 0.245 e. The van der Waals surface area contributed by atoms with Crippen LogP contribution in [0.5, 0.6) is 0 Å². The van der Waals surface area contributed by atoms with E-state index >= 15 is 0 Å². The summed E-state index contributed by atoms with van der Waals surface area (Å²) in [4.78, 5) is 22.3. The standard InChI is InChI=1S/C25H22N6O/c1-2-22(32)30-13-12-17(14-30)15-31-25-23(24(26)27-16-28-25)21(29-31)11-10-19-8-5-7-18-6-3-4-9-20(18)19/h2-9,16-17H,1,12-15H2,(H2,26,27,28). The molecular formula is C25H22N6O. The molecule has 158 valence electrons. The number of anilines is 1. The SMILES string of the molecule is C=CC(=O)N1CCC(Cn2nc(C#Cc3cccc4ccccc34)c3c(N)ncnc32)C1. The molecule has 0 saturated carbocycles. The van der Waals surface area contributed by atoms with Crippen molar-refractivity contribution in [3.63, 3.8) is 0 Å². The summed E-state index contributed by atoms with van der Waals surface area (Å²) in [6, 6.07) is 14.2. The van der Waals surface area contributed by atoms with Crippen LogP contribution < -0.4 is 5.73 Å². The summed E-state index contributed by atoms with van der Waals surface area (Å²) in [5.41, 5.74) is 8.33. The van der Waals surface area contributed by atoms with Crippen LogP contribution in [-0.4, -0.2) is 43.6 Å². The summed E-state index contributed by atoms with van der Waals surface area (Å²) in [5.74, 6) is 7.06. The molecule has 2 N–H and O–H groups in total. The van der Waals surface area contributed by atoms with Crippen molar-refractivity contribution in [1.82, 2.24) is 24.6 Å². The molecule has 1 saturated heterocycles. The molecule has 1 aliphatic rings. The Hall–Kier alpha value is -4.18. The summed E-state index contributed by atoms with van der Waals surface area (Å²) in [6.07, 6.45) is 3.71. The van der Waals surface area contributed by atoms with Crippen LogP contribution in [0.1, 0.15) is 17.7 Å². The van der Waals surface area contributed by atoms with Gasteiger partial charge in [0, 0.05) is 25.2 Å². The van der Waals surface area contributed by atoms with Gasteiger partial charge in [-0.2, -0.15) is 5.10 Å². The zero-order valence-corrected chi connectivity index (χ0v) is 17.5. The minimum Gasteiger partial charge on any atom is -0.383 e. The predicted octanol–water partition coefficient (Wildman–Crippen LogP) is 3.00. The molecule has 0 spiro atoms. The van der Waals surface area contributed by atoms with Crippen molar-refractivity contribution in [3.05, 3.63) is 72.7 Å². The lowest BCUT2D eigenvalue weighted by molar-refractivity contribution is -0.125. The van der Waals surface area contributed by atoms with Crippen molar-refractivity contribution in [2.75, 3.05) is 18.8 Å². The van der Waals surface area contributed by atoms with E-state index in [9.17, 15) is 4.79 Å². The lowest BCUT2D eigenvalue weighted by Crippen LogP contribution is -2.27. The number of benzene rings is 2. The molecular weight excluding hydrogens is 400 g/mol. The van der Waals surface area contributed by atoms with Gasteiger partial charge < -0.3 is 10.6 Å². The number of fused-ring (bicyclic) bond motifs is 2. The normalized spacial score (nSPS) is 15.6. The summed E-state index contributed by atoms with van der Waals surface area (Å²) in [7, 11) is 0. The van der Waals surface area contributed by atoms with Gasteiger partial charge in [0.2, 0.25) is 5.91 Å². The van der Waals surface area contributed by atoms with Crippen LogP contribution in [0.2, 0.25) is 0 Å². The van der Waals surface area contributed by atoms with E-state index in [1.165, 1.54) is 12.4 Å². The molecule has 2 aromatic carbocycles. The number of rotatable bonds is 3. The Kier molecular flexibility index (Phi) is 5.04. The van der Waals surface area contributed by atoms with Gasteiger partial charge in [-0.05, 0) is 41.2 Å². The van der Waals surface area contributed by atoms with E-state index in [0.717, 1.165) is 29.3 Å². The molecule has 1 unspecified atom stereocenters. The number of hydrogen-bond donors (Lipinski definition) is 1. The molecule has 1 atom stereocenters. The zero-order chi connectivity index (χ0) is 22.1. The maximum absolute atomic E-state index is 11.9. The molecule has 1 amide bonds.